The molecule has 0 aliphatic heterocycles. The second kappa shape index (κ2) is 9.37. The van der Waals surface area contributed by atoms with Crippen LogP contribution < -0.4 is 4.72 Å². The van der Waals surface area contributed by atoms with Gasteiger partial charge in [0.15, 0.2) is 6.61 Å². The summed E-state index contributed by atoms with van der Waals surface area (Å²) in [6.45, 7) is 7.29. The standard InChI is InChI=1S/C21H28N2O5S/c1-14(2)17-6-8-18(9-7-17)29(26,27)22-11-10-21(25)28-13-20(24)19-12-15(3)23(5)16(19)4/h6-9,12,14,22H,10-11,13H2,1-5H3. The summed E-state index contributed by atoms with van der Waals surface area (Å²) in [6, 6.07) is 8.38. The number of aryl methyl sites for hydroxylation is 1. The van der Waals surface area contributed by atoms with Crippen molar-refractivity contribution in [3.63, 3.8) is 0 Å². The highest BCUT2D eigenvalue weighted by molar-refractivity contribution is 7.89. The number of rotatable bonds is 9. The molecule has 2 rings (SSSR count). The first-order valence-corrected chi connectivity index (χ1v) is 10.9. The smallest absolute Gasteiger partial charge is 0.307 e. The molecule has 1 N–H and O–H groups in total. The Morgan fingerprint density at radius 3 is 2.28 bits per heavy atom. The summed E-state index contributed by atoms with van der Waals surface area (Å²) in [6.07, 6.45) is -0.163. The molecule has 0 amide bonds. The van der Waals surface area contributed by atoms with Crippen LogP contribution in [0.4, 0.5) is 0 Å². The highest BCUT2D eigenvalue weighted by Gasteiger charge is 2.17. The Morgan fingerprint density at radius 1 is 1.14 bits per heavy atom. The fourth-order valence-corrected chi connectivity index (χ4v) is 3.87. The fraction of sp³-hybridized carbons (Fsp3) is 0.429. The van der Waals surface area contributed by atoms with Gasteiger partial charge in [0.2, 0.25) is 15.8 Å². The normalized spacial score (nSPS) is 11.7. The van der Waals surface area contributed by atoms with Crippen molar-refractivity contribution < 1.29 is 22.7 Å². The molecular weight excluding hydrogens is 392 g/mol. The molecule has 29 heavy (non-hydrogen) atoms. The molecule has 1 aromatic carbocycles. The van der Waals surface area contributed by atoms with Crippen LogP contribution >= 0.6 is 0 Å². The lowest BCUT2D eigenvalue weighted by Crippen LogP contribution is -2.27. The van der Waals surface area contributed by atoms with Gasteiger partial charge in [0.25, 0.3) is 0 Å². The Bertz CT molecular complexity index is 989. The number of carbonyl (C=O) groups excluding carboxylic acids is 2. The lowest BCUT2D eigenvalue weighted by atomic mass is 10.0. The zero-order chi connectivity index (χ0) is 21.8. The second-order valence-electron chi connectivity index (χ2n) is 7.30. The number of ether oxygens (including phenoxy) is 1. The Kier molecular flexibility index (Phi) is 7.37. The van der Waals surface area contributed by atoms with E-state index in [4.69, 9.17) is 4.74 Å². The summed E-state index contributed by atoms with van der Waals surface area (Å²) >= 11 is 0. The second-order valence-corrected chi connectivity index (χ2v) is 9.07. The first kappa shape index (κ1) is 22.8. The predicted octanol–water partition coefficient (Wildman–Crippen LogP) is 2.86. The molecule has 1 aromatic heterocycles. The van der Waals surface area contributed by atoms with Gasteiger partial charge in [-0.2, -0.15) is 0 Å². The Hall–Kier alpha value is -2.45. The molecule has 0 bridgehead atoms. The van der Waals surface area contributed by atoms with Gasteiger partial charge >= 0.3 is 5.97 Å². The number of nitrogens with one attached hydrogen (secondary N) is 1. The van der Waals surface area contributed by atoms with Crippen LogP contribution in [-0.2, 0) is 26.6 Å². The van der Waals surface area contributed by atoms with E-state index in [0.717, 1.165) is 17.0 Å². The molecule has 1 heterocycles. The van der Waals surface area contributed by atoms with Gasteiger partial charge in [-0.25, -0.2) is 13.1 Å². The highest BCUT2D eigenvalue weighted by atomic mass is 32.2. The van der Waals surface area contributed by atoms with Crippen LogP contribution in [0.25, 0.3) is 0 Å². The van der Waals surface area contributed by atoms with Crippen LogP contribution in [0, 0.1) is 13.8 Å². The molecule has 0 aliphatic carbocycles. The van der Waals surface area contributed by atoms with Gasteiger partial charge in [0, 0.05) is 30.5 Å². The summed E-state index contributed by atoms with van der Waals surface area (Å²) in [5.41, 5.74) is 3.30. The first-order valence-electron chi connectivity index (χ1n) is 9.44. The van der Waals surface area contributed by atoms with Crippen LogP contribution in [0.2, 0.25) is 0 Å². The van der Waals surface area contributed by atoms with Crippen LogP contribution in [0.1, 0.15) is 53.5 Å². The summed E-state index contributed by atoms with van der Waals surface area (Å²) < 4.78 is 33.9. The van der Waals surface area contributed by atoms with Crippen molar-refractivity contribution in [2.24, 2.45) is 7.05 Å². The SMILES string of the molecule is Cc1cc(C(=O)COC(=O)CCNS(=O)(=O)c2ccc(C(C)C)cc2)c(C)n1C. The first-order chi connectivity index (χ1) is 13.5. The molecule has 8 heteroatoms. The lowest BCUT2D eigenvalue weighted by Gasteiger charge is -2.09. The topological polar surface area (TPSA) is 94.5 Å². The molecule has 0 atom stereocenters. The van der Waals surface area contributed by atoms with Crippen molar-refractivity contribution in [2.45, 2.75) is 44.9 Å². The number of Topliss-reactive ketones (excluding diaryl/α,β-unsaturated/α-hetero) is 1. The van der Waals surface area contributed by atoms with Gasteiger partial charge in [-0.05, 0) is 43.5 Å². The summed E-state index contributed by atoms with van der Waals surface area (Å²) in [4.78, 5) is 24.2. The Morgan fingerprint density at radius 2 is 1.76 bits per heavy atom. The molecule has 0 saturated carbocycles. The van der Waals surface area contributed by atoms with Gasteiger partial charge < -0.3 is 9.30 Å². The maximum atomic E-state index is 12.3. The minimum Gasteiger partial charge on any atom is -0.457 e. The van der Waals surface area contributed by atoms with E-state index < -0.39 is 16.0 Å². The van der Waals surface area contributed by atoms with E-state index in [2.05, 4.69) is 4.72 Å². The fourth-order valence-electron chi connectivity index (χ4n) is 2.84. The summed E-state index contributed by atoms with van der Waals surface area (Å²) in [7, 11) is -1.85. The molecule has 7 nitrogen and oxygen atoms in total. The van der Waals surface area contributed by atoms with Crippen LogP contribution in [0.3, 0.4) is 0 Å². The Labute approximate surface area is 172 Å². The predicted molar refractivity (Wildman–Crippen MR) is 111 cm³/mol. The number of aromatic nitrogens is 1. The minimum atomic E-state index is -3.71. The molecule has 0 spiro atoms. The monoisotopic (exact) mass is 420 g/mol. The minimum absolute atomic E-state index is 0.106. The number of nitrogens with zero attached hydrogens (tertiary/aromatic N) is 1. The Balaban J connectivity index is 1.83. The molecule has 0 unspecified atom stereocenters. The van der Waals surface area contributed by atoms with Crippen LogP contribution in [0.15, 0.2) is 35.2 Å². The van der Waals surface area contributed by atoms with Crippen molar-refractivity contribution in [3.05, 3.63) is 52.8 Å². The third-order valence-electron chi connectivity index (χ3n) is 4.92. The highest BCUT2D eigenvalue weighted by Crippen LogP contribution is 2.17. The van der Waals surface area contributed by atoms with Crippen molar-refractivity contribution >= 4 is 21.8 Å². The summed E-state index contributed by atoms with van der Waals surface area (Å²) in [5, 5.41) is 0. The number of carbonyl (C=O) groups is 2. The molecule has 0 fully saturated rings. The van der Waals surface area contributed by atoms with E-state index in [9.17, 15) is 18.0 Å². The third kappa shape index (κ3) is 5.77. The van der Waals surface area contributed by atoms with Crippen molar-refractivity contribution in [1.29, 1.82) is 0 Å². The third-order valence-corrected chi connectivity index (χ3v) is 6.40. The zero-order valence-electron chi connectivity index (χ0n) is 17.5. The van der Waals surface area contributed by atoms with Gasteiger partial charge in [-0.3, -0.25) is 9.59 Å². The maximum Gasteiger partial charge on any atom is 0.307 e. The molecule has 2 aromatic rings. The van der Waals surface area contributed by atoms with E-state index >= 15 is 0 Å². The molecule has 0 aliphatic rings. The number of hydrogen-bond donors (Lipinski definition) is 1. The van der Waals surface area contributed by atoms with Crippen LogP contribution in [-0.4, -0.2) is 37.9 Å². The van der Waals surface area contributed by atoms with Gasteiger partial charge in [0.05, 0.1) is 11.3 Å². The average molecular weight is 421 g/mol. The molecule has 158 valence electrons. The van der Waals surface area contributed by atoms with Crippen molar-refractivity contribution in [2.75, 3.05) is 13.2 Å². The molecular formula is C21H28N2O5S. The largest absolute Gasteiger partial charge is 0.457 e. The quantitative estimate of drug-likeness (QED) is 0.497. The maximum absolute atomic E-state index is 12.3. The van der Waals surface area contributed by atoms with E-state index in [1.165, 1.54) is 0 Å². The number of hydrogen-bond acceptors (Lipinski definition) is 5. The summed E-state index contributed by atoms with van der Waals surface area (Å²) in [5.74, 6) is -0.618. The molecule has 0 saturated heterocycles. The lowest BCUT2D eigenvalue weighted by molar-refractivity contribution is -0.142. The van der Waals surface area contributed by atoms with E-state index in [1.807, 2.05) is 39.3 Å². The van der Waals surface area contributed by atoms with E-state index in [-0.39, 0.29) is 30.3 Å². The van der Waals surface area contributed by atoms with Crippen molar-refractivity contribution in [3.8, 4) is 0 Å². The molecule has 0 radical (unpaired) electrons. The van der Waals surface area contributed by atoms with Crippen molar-refractivity contribution in [1.82, 2.24) is 9.29 Å². The number of benzene rings is 1. The van der Waals surface area contributed by atoms with Gasteiger partial charge in [-0.1, -0.05) is 26.0 Å². The number of ketones is 1. The van der Waals surface area contributed by atoms with E-state index in [0.29, 0.717) is 11.5 Å². The van der Waals surface area contributed by atoms with Gasteiger partial charge in [-0.15, -0.1) is 0 Å². The van der Waals surface area contributed by atoms with Crippen LogP contribution in [0.5, 0.6) is 0 Å². The van der Waals surface area contributed by atoms with E-state index in [1.54, 1.807) is 30.3 Å². The van der Waals surface area contributed by atoms with Gasteiger partial charge in [0.1, 0.15) is 0 Å². The average Bonchev–Trinajstić information content (AvgIpc) is 2.93. The number of sulfonamides is 1. The zero-order valence-corrected chi connectivity index (χ0v) is 18.3. The number of esters is 1.